The number of para-hydroxylation sites is 1. The molecule has 0 spiro atoms. The normalized spacial score (nSPS) is 18.9. The Morgan fingerprint density at radius 1 is 1.24 bits per heavy atom. The molecule has 0 saturated heterocycles. The van der Waals surface area contributed by atoms with E-state index in [0.29, 0.717) is 5.92 Å². The first-order valence-electron chi connectivity index (χ1n) is 6.60. The first-order valence-corrected chi connectivity index (χ1v) is 6.60. The Balaban J connectivity index is 2.06. The molecule has 90 valence electrons. The number of nitrogens with two attached hydrogens (primary N) is 1. The van der Waals surface area contributed by atoms with E-state index in [-0.39, 0.29) is 6.04 Å². The van der Waals surface area contributed by atoms with Gasteiger partial charge in [-0.1, -0.05) is 31.0 Å². The van der Waals surface area contributed by atoms with Crippen molar-refractivity contribution in [3.8, 4) is 0 Å². The summed E-state index contributed by atoms with van der Waals surface area (Å²) in [5, 5.41) is 1.31. The third-order valence-corrected chi connectivity index (χ3v) is 4.18. The van der Waals surface area contributed by atoms with Gasteiger partial charge in [0, 0.05) is 22.6 Å². The van der Waals surface area contributed by atoms with Gasteiger partial charge >= 0.3 is 0 Å². The monoisotopic (exact) mass is 228 g/mol. The van der Waals surface area contributed by atoms with Gasteiger partial charge in [-0.25, -0.2) is 0 Å². The lowest BCUT2D eigenvalue weighted by atomic mass is 9.91. The van der Waals surface area contributed by atoms with E-state index in [1.54, 1.807) is 0 Å². The van der Waals surface area contributed by atoms with Crippen LogP contribution < -0.4 is 5.73 Å². The Morgan fingerprint density at radius 2 is 1.94 bits per heavy atom. The molecule has 3 N–H and O–H groups in total. The topological polar surface area (TPSA) is 41.8 Å². The fourth-order valence-corrected chi connectivity index (χ4v) is 3.28. The minimum atomic E-state index is 0.202. The molecule has 1 aromatic carbocycles. The van der Waals surface area contributed by atoms with Crippen molar-refractivity contribution in [1.82, 2.24) is 4.98 Å². The predicted molar refractivity (Wildman–Crippen MR) is 71.9 cm³/mol. The van der Waals surface area contributed by atoms with E-state index in [1.807, 2.05) is 0 Å². The molecule has 0 amide bonds. The van der Waals surface area contributed by atoms with Gasteiger partial charge < -0.3 is 10.7 Å². The Labute approximate surface area is 102 Å². The number of aromatic amines is 1. The maximum absolute atomic E-state index is 6.49. The molecule has 1 atom stereocenters. The van der Waals surface area contributed by atoms with Gasteiger partial charge in [-0.3, -0.25) is 0 Å². The van der Waals surface area contributed by atoms with Crippen molar-refractivity contribution in [3.63, 3.8) is 0 Å². The number of rotatable bonds is 2. The van der Waals surface area contributed by atoms with Crippen LogP contribution in [0.1, 0.15) is 43.0 Å². The number of nitrogens with one attached hydrogen (secondary N) is 1. The van der Waals surface area contributed by atoms with E-state index < -0.39 is 0 Å². The van der Waals surface area contributed by atoms with Crippen LogP contribution in [0, 0.1) is 12.8 Å². The van der Waals surface area contributed by atoms with Crippen molar-refractivity contribution >= 4 is 10.9 Å². The fraction of sp³-hybridized carbons (Fsp3) is 0.467. The maximum atomic E-state index is 6.49. The highest BCUT2D eigenvalue weighted by Gasteiger charge is 2.26. The first-order chi connectivity index (χ1) is 8.27. The van der Waals surface area contributed by atoms with Crippen LogP contribution in [0.5, 0.6) is 0 Å². The summed E-state index contributed by atoms with van der Waals surface area (Å²) in [5.74, 6) is 0.674. The van der Waals surface area contributed by atoms with E-state index in [0.717, 1.165) is 0 Å². The Morgan fingerprint density at radius 3 is 2.71 bits per heavy atom. The Kier molecular flexibility index (Phi) is 2.67. The third-order valence-electron chi connectivity index (χ3n) is 4.18. The second-order valence-corrected chi connectivity index (χ2v) is 5.28. The molecule has 1 fully saturated rings. The van der Waals surface area contributed by atoms with Crippen LogP contribution >= 0.6 is 0 Å². The van der Waals surface area contributed by atoms with Crippen LogP contribution in [0.3, 0.4) is 0 Å². The zero-order valence-corrected chi connectivity index (χ0v) is 10.4. The Hall–Kier alpha value is -1.28. The highest BCUT2D eigenvalue weighted by molar-refractivity contribution is 5.85. The molecule has 1 aliphatic carbocycles. The highest BCUT2D eigenvalue weighted by Crippen LogP contribution is 2.38. The molecule has 2 heteroatoms. The number of benzene rings is 1. The van der Waals surface area contributed by atoms with Gasteiger partial charge in [0.15, 0.2) is 0 Å². The average molecular weight is 228 g/mol. The van der Waals surface area contributed by atoms with Crippen molar-refractivity contribution in [2.75, 3.05) is 0 Å². The lowest BCUT2D eigenvalue weighted by Crippen LogP contribution is -2.19. The quantitative estimate of drug-likeness (QED) is 0.809. The summed E-state index contributed by atoms with van der Waals surface area (Å²) in [6, 6.07) is 8.69. The average Bonchev–Trinajstić information content (AvgIpc) is 2.94. The molecule has 2 nitrogen and oxygen atoms in total. The molecule has 0 unspecified atom stereocenters. The summed E-state index contributed by atoms with van der Waals surface area (Å²) in [6.07, 6.45) is 5.28. The van der Waals surface area contributed by atoms with Crippen molar-refractivity contribution in [1.29, 1.82) is 0 Å². The van der Waals surface area contributed by atoms with Gasteiger partial charge in [-0.2, -0.15) is 0 Å². The summed E-state index contributed by atoms with van der Waals surface area (Å²) in [7, 11) is 0. The summed E-state index contributed by atoms with van der Waals surface area (Å²) in [4.78, 5) is 3.45. The fourth-order valence-electron chi connectivity index (χ4n) is 3.28. The van der Waals surface area contributed by atoms with Gasteiger partial charge in [0.25, 0.3) is 0 Å². The number of hydrogen-bond acceptors (Lipinski definition) is 1. The molecule has 3 rings (SSSR count). The lowest BCUT2D eigenvalue weighted by molar-refractivity contribution is 0.445. The summed E-state index contributed by atoms with van der Waals surface area (Å²) < 4.78 is 0. The third kappa shape index (κ3) is 1.77. The zero-order valence-electron chi connectivity index (χ0n) is 10.4. The van der Waals surface area contributed by atoms with Crippen molar-refractivity contribution in [3.05, 3.63) is 35.5 Å². The SMILES string of the molecule is Cc1[nH]c2ccccc2c1[C@H](N)C1CCCC1. The smallest absolute Gasteiger partial charge is 0.0459 e. The number of aromatic nitrogens is 1. The molecule has 1 saturated carbocycles. The zero-order chi connectivity index (χ0) is 11.8. The van der Waals surface area contributed by atoms with Gasteiger partial charge in [0.05, 0.1) is 0 Å². The van der Waals surface area contributed by atoms with Crippen LogP contribution in [-0.4, -0.2) is 4.98 Å². The first kappa shape index (κ1) is 10.8. The predicted octanol–water partition coefficient (Wildman–Crippen LogP) is 3.67. The van der Waals surface area contributed by atoms with E-state index in [1.165, 1.54) is 47.8 Å². The number of fused-ring (bicyclic) bond motifs is 1. The van der Waals surface area contributed by atoms with Crippen molar-refractivity contribution < 1.29 is 0 Å². The van der Waals surface area contributed by atoms with Gasteiger partial charge in [-0.15, -0.1) is 0 Å². The van der Waals surface area contributed by atoms with E-state index in [9.17, 15) is 0 Å². The number of H-pyrrole nitrogens is 1. The second kappa shape index (κ2) is 4.19. The molecular formula is C15H20N2. The molecule has 0 aliphatic heterocycles. The molecule has 1 aliphatic rings. The molecule has 1 heterocycles. The molecule has 0 bridgehead atoms. The molecule has 0 radical (unpaired) electrons. The van der Waals surface area contributed by atoms with Crippen LogP contribution in [0.4, 0.5) is 0 Å². The number of aryl methyl sites for hydroxylation is 1. The summed E-state index contributed by atoms with van der Waals surface area (Å²) in [5.41, 5.74) is 10.3. The minimum absolute atomic E-state index is 0.202. The largest absolute Gasteiger partial charge is 0.358 e. The van der Waals surface area contributed by atoms with Crippen LogP contribution in [0.25, 0.3) is 10.9 Å². The van der Waals surface area contributed by atoms with Gasteiger partial charge in [0.2, 0.25) is 0 Å². The second-order valence-electron chi connectivity index (χ2n) is 5.28. The maximum Gasteiger partial charge on any atom is 0.0459 e. The molecule has 17 heavy (non-hydrogen) atoms. The van der Waals surface area contributed by atoms with Crippen LogP contribution in [0.15, 0.2) is 24.3 Å². The summed E-state index contributed by atoms with van der Waals surface area (Å²) in [6.45, 7) is 2.14. The van der Waals surface area contributed by atoms with Crippen molar-refractivity contribution in [2.24, 2.45) is 11.7 Å². The molecule has 2 aromatic rings. The summed E-state index contributed by atoms with van der Waals surface area (Å²) >= 11 is 0. The Bertz CT molecular complexity index is 521. The van der Waals surface area contributed by atoms with E-state index in [4.69, 9.17) is 5.73 Å². The molecular weight excluding hydrogens is 208 g/mol. The lowest BCUT2D eigenvalue weighted by Gasteiger charge is -2.19. The van der Waals surface area contributed by atoms with Gasteiger partial charge in [-0.05, 0) is 37.3 Å². The van der Waals surface area contributed by atoms with Gasteiger partial charge in [0.1, 0.15) is 0 Å². The standard InChI is InChI=1S/C15H20N2/c1-10-14(15(16)11-6-2-3-7-11)12-8-4-5-9-13(12)17-10/h4-5,8-9,11,15,17H,2-3,6-7,16H2,1H3/t15-/m1/s1. The van der Waals surface area contributed by atoms with E-state index >= 15 is 0 Å². The highest BCUT2D eigenvalue weighted by atomic mass is 14.8. The molecule has 1 aromatic heterocycles. The van der Waals surface area contributed by atoms with Crippen LogP contribution in [0.2, 0.25) is 0 Å². The minimum Gasteiger partial charge on any atom is -0.358 e. The number of hydrogen-bond donors (Lipinski definition) is 2. The van der Waals surface area contributed by atoms with Crippen LogP contribution in [-0.2, 0) is 0 Å². The van der Waals surface area contributed by atoms with Crippen molar-refractivity contribution in [2.45, 2.75) is 38.6 Å². The van der Waals surface area contributed by atoms with E-state index in [2.05, 4.69) is 36.2 Å².